The molecular formula is C55H92N6O10S. The molecule has 0 aliphatic carbocycles. The lowest BCUT2D eigenvalue weighted by Gasteiger charge is -2.51. The second-order valence-corrected chi connectivity index (χ2v) is 24.1. The lowest BCUT2D eigenvalue weighted by Crippen LogP contribution is -2.61. The molecule has 0 saturated carbocycles. The van der Waals surface area contributed by atoms with Gasteiger partial charge in [-0.2, -0.15) is 0 Å². The van der Waals surface area contributed by atoms with Crippen LogP contribution < -0.4 is 11.5 Å². The van der Waals surface area contributed by atoms with Crippen molar-refractivity contribution in [1.82, 2.24) is 14.8 Å². The fraction of sp³-hybridized carbons (Fsp3) is 0.800. The molecule has 5 aliphatic heterocycles. The average molecular weight is 1030 g/mol. The first-order valence-corrected chi connectivity index (χ1v) is 27.7. The van der Waals surface area contributed by atoms with E-state index in [0.29, 0.717) is 57.2 Å². The van der Waals surface area contributed by atoms with Gasteiger partial charge in [-0.25, -0.2) is 4.98 Å². The van der Waals surface area contributed by atoms with Crippen molar-refractivity contribution in [2.24, 2.45) is 40.0 Å². The Labute approximate surface area is 435 Å². The second-order valence-electron chi connectivity index (χ2n) is 22.9. The van der Waals surface area contributed by atoms with Gasteiger partial charge in [0, 0.05) is 43.0 Å². The monoisotopic (exact) mass is 1030 g/mol. The Morgan fingerprint density at radius 2 is 1.75 bits per heavy atom. The smallest absolute Gasteiger partial charge is 0.311 e. The van der Waals surface area contributed by atoms with E-state index in [1.807, 2.05) is 84.8 Å². The van der Waals surface area contributed by atoms with Crippen LogP contribution in [0.5, 0.6) is 0 Å². The Kier molecular flexibility index (Phi) is 20.2. The number of carbonyl (C=O) groups excluding carboxylic acids is 1. The van der Waals surface area contributed by atoms with Crippen LogP contribution in [0.1, 0.15) is 139 Å². The number of aromatic nitrogens is 1. The number of hydrogen-bond donors (Lipinski definition) is 4. The number of nitrogen functional groups attached to an aromatic ring is 1. The maximum Gasteiger partial charge on any atom is 0.311 e. The van der Waals surface area contributed by atoms with E-state index in [1.165, 1.54) is 0 Å². The molecule has 7 rings (SSSR count). The van der Waals surface area contributed by atoms with Gasteiger partial charge in [0.15, 0.2) is 19.2 Å². The number of likely N-dealkylation sites (N-methyl/N-ethyl adjacent to an activating group) is 1. The summed E-state index contributed by atoms with van der Waals surface area (Å²) in [6, 6.07) is 9.08. The second kappa shape index (κ2) is 24.9. The Bertz CT molecular complexity index is 2080. The van der Waals surface area contributed by atoms with Crippen LogP contribution in [0.25, 0.3) is 10.6 Å². The van der Waals surface area contributed by atoms with Gasteiger partial charge in [-0.15, -0.1) is 11.3 Å². The third kappa shape index (κ3) is 13.6. The fourth-order valence-electron chi connectivity index (χ4n) is 12.6. The zero-order chi connectivity index (χ0) is 52.9. The highest BCUT2D eigenvalue weighted by Crippen LogP contribution is 2.47. The van der Waals surface area contributed by atoms with E-state index in [4.69, 9.17) is 49.9 Å². The van der Waals surface area contributed by atoms with E-state index < -0.39 is 83.6 Å². The molecule has 408 valence electrons. The summed E-state index contributed by atoms with van der Waals surface area (Å²) >= 11 is 1.59. The Balaban J connectivity index is 1.50. The number of carbonyl (C=O) groups is 1. The normalized spacial score (nSPS) is 40.7. The highest BCUT2D eigenvalue weighted by Gasteiger charge is 2.53. The molecule has 18 atom stereocenters. The lowest BCUT2D eigenvalue weighted by atomic mass is 9.67. The molecule has 16 nitrogen and oxygen atoms in total. The number of thiophene rings is 1. The van der Waals surface area contributed by atoms with Gasteiger partial charge in [-0.3, -0.25) is 4.79 Å². The van der Waals surface area contributed by atoms with Gasteiger partial charge < -0.3 is 64.7 Å². The van der Waals surface area contributed by atoms with Gasteiger partial charge in [0.2, 0.25) is 0 Å². The molecule has 0 radical (unpaired) electrons. The van der Waals surface area contributed by atoms with Crippen molar-refractivity contribution >= 4 is 28.8 Å². The Hall–Kier alpha value is -2.81. The van der Waals surface area contributed by atoms with Gasteiger partial charge in [0.1, 0.15) is 23.6 Å². The minimum absolute atomic E-state index is 0.00785. The number of pyridine rings is 1. The van der Waals surface area contributed by atoms with Crippen LogP contribution in [-0.2, 0) is 44.7 Å². The molecule has 17 heteroatoms. The number of esters is 1. The number of aliphatic hydroxyl groups is 2. The van der Waals surface area contributed by atoms with Crippen molar-refractivity contribution in [2.75, 3.05) is 40.0 Å². The van der Waals surface area contributed by atoms with Crippen molar-refractivity contribution in [2.45, 2.75) is 219 Å². The summed E-state index contributed by atoms with van der Waals surface area (Å²) in [7, 11) is 5.59. The average Bonchev–Trinajstić information content (AvgIpc) is 3.80. The molecule has 5 saturated heterocycles. The summed E-state index contributed by atoms with van der Waals surface area (Å²) in [4.78, 5) is 32.4. The molecule has 0 aromatic carbocycles. The summed E-state index contributed by atoms with van der Waals surface area (Å²) in [6.07, 6.45) is -0.467. The highest BCUT2D eigenvalue weighted by molar-refractivity contribution is 7.15. The maximum atomic E-state index is 15.0. The molecule has 72 heavy (non-hydrogen) atoms. The summed E-state index contributed by atoms with van der Waals surface area (Å²) in [5.41, 5.74) is 11.5. The van der Waals surface area contributed by atoms with E-state index in [1.54, 1.807) is 24.5 Å². The molecule has 0 spiro atoms. The van der Waals surface area contributed by atoms with Crippen molar-refractivity contribution in [1.29, 1.82) is 0 Å². The largest absolute Gasteiger partial charge is 0.459 e. The summed E-state index contributed by atoms with van der Waals surface area (Å²) < 4.78 is 40.4. The van der Waals surface area contributed by atoms with E-state index in [2.05, 4.69) is 44.5 Å². The van der Waals surface area contributed by atoms with Gasteiger partial charge in [0.25, 0.3) is 0 Å². The van der Waals surface area contributed by atoms with Crippen molar-refractivity contribution in [3.8, 4) is 10.6 Å². The molecule has 0 unspecified atom stereocenters. The van der Waals surface area contributed by atoms with Crippen molar-refractivity contribution in [3.05, 3.63) is 35.2 Å². The van der Waals surface area contributed by atoms with Crippen LogP contribution in [0.2, 0.25) is 0 Å². The molecule has 6 N–H and O–H groups in total. The SMILES string of the molecule is CCCN1C[C@H](C)[C@H]2CC/C(=N\OCc3ccc(-c4cccc(N)n4)s3)CC[C@](C)(C[C@H]1C)[C@H](O[C@@H]1O[C@H](C)C[C@H](N(C)C)[C@H]1O)[C@@H](C)[C@H](O[C@H]1C[C@@](C)(OC)[C@H](N)[C@H](C)O1)[C@@H](C)C(=O)O[C@H](CC)[C@@]2(C)O. The first-order valence-electron chi connectivity index (χ1n) is 26.9. The lowest BCUT2D eigenvalue weighted by molar-refractivity contribution is -0.305. The van der Waals surface area contributed by atoms with Crippen LogP contribution in [0.4, 0.5) is 5.82 Å². The van der Waals surface area contributed by atoms with Crippen LogP contribution >= 0.6 is 11.3 Å². The molecule has 7 heterocycles. The minimum atomic E-state index is -1.42. The molecular weight excluding hydrogens is 937 g/mol. The molecule has 2 aromatic rings. The van der Waals surface area contributed by atoms with E-state index in [0.717, 1.165) is 40.7 Å². The molecule has 0 amide bonds. The van der Waals surface area contributed by atoms with E-state index in [-0.39, 0.29) is 36.6 Å². The number of rotatable bonds is 13. The Morgan fingerprint density at radius 1 is 1.01 bits per heavy atom. The van der Waals surface area contributed by atoms with Crippen LogP contribution in [0.3, 0.4) is 0 Å². The molecule has 2 aromatic heterocycles. The number of hydrogen-bond acceptors (Lipinski definition) is 17. The zero-order valence-corrected chi connectivity index (χ0v) is 46.9. The first kappa shape index (κ1) is 58.5. The molecule has 5 aliphatic rings. The third-order valence-electron chi connectivity index (χ3n) is 17.0. The van der Waals surface area contributed by atoms with Gasteiger partial charge in [0.05, 0.1) is 58.3 Å². The van der Waals surface area contributed by atoms with E-state index in [9.17, 15) is 10.2 Å². The third-order valence-corrected chi connectivity index (χ3v) is 18.1. The van der Waals surface area contributed by atoms with Gasteiger partial charge in [-0.05, 0) is 155 Å². The van der Waals surface area contributed by atoms with Gasteiger partial charge >= 0.3 is 5.97 Å². The highest BCUT2D eigenvalue weighted by atomic mass is 32.1. The minimum Gasteiger partial charge on any atom is -0.459 e. The predicted octanol–water partition coefficient (Wildman–Crippen LogP) is 8.01. The van der Waals surface area contributed by atoms with Crippen molar-refractivity contribution < 1.29 is 48.3 Å². The van der Waals surface area contributed by atoms with Crippen LogP contribution in [-0.4, -0.2) is 150 Å². The van der Waals surface area contributed by atoms with Gasteiger partial charge in [-0.1, -0.05) is 45.8 Å². The van der Waals surface area contributed by atoms with Crippen molar-refractivity contribution in [3.63, 3.8) is 0 Å². The predicted molar refractivity (Wildman–Crippen MR) is 283 cm³/mol. The maximum absolute atomic E-state index is 15.0. The fourth-order valence-corrected chi connectivity index (χ4v) is 13.5. The molecule has 2 bridgehead atoms. The summed E-state index contributed by atoms with van der Waals surface area (Å²) in [5, 5.41) is 30.2. The van der Waals surface area contributed by atoms with Crippen LogP contribution in [0, 0.1) is 29.1 Å². The summed E-state index contributed by atoms with van der Waals surface area (Å²) in [5.74, 6) is -1.69. The standard InChI is InChI=1S/C55H92N6O10S/c1-15-26-61-30-32(3)40-22-20-38(59-66-31-39-21-23-43(72-39)41-18-17-19-45(56)58-41)24-25-53(9,28-33(61)4)50(71-52-47(62)42(60(12)13)27-34(5)67-52)35(6)48(36(7)51(63)69-44(16-2)55(40,11)64)70-46-29-54(10,65-14)49(57)37(8)68-46/h17-19,21,23,32-37,40,42,44,46-50,52,62,64H,15-16,20,22,24-31,57H2,1-14H3,(H2,56,58)/b59-38+/t32-,33+,34+,35-,36+,37-,40+,42-,44+,46-,47+,48-,49+,50+,52-,53+,54+,55-/m0/s1. The quantitative estimate of drug-likeness (QED) is 0.111. The number of oxime groups is 1. The zero-order valence-electron chi connectivity index (χ0n) is 46.0. The number of nitrogens with zero attached hydrogens (tertiary/aromatic N) is 4. The number of methoxy groups -OCH3 is 1. The molecule has 5 fully saturated rings. The van der Waals surface area contributed by atoms with Crippen LogP contribution in [0.15, 0.2) is 35.5 Å². The number of fused-ring (bicyclic) bond motifs is 15. The number of ether oxygens (including phenoxy) is 6. The van der Waals surface area contributed by atoms with E-state index >= 15 is 4.79 Å². The number of nitrogens with two attached hydrogens (primary N) is 2. The number of anilines is 1. The summed E-state index contributed by atoms with van der Waals surface area (Å²) in [6.45, 7) is 24.5. The Morgan fingerprint density at radius 3 is 2.42 bits per heavy atom. The topological polar surface area (TPSA) is 206 Å². The number of aliphatic hydroxyl groups excluding tert-OH is 1. The first-order chi connectivity index (χ1) is 33.9.